The van der Waals surface area contributed by atoms with Gasteiger partial charge in [-0.2, -0.15) is 4.98 Å². The maximum absolute atomic E-state index is 5.57. The van der Waals surface area contributed by atoms with Crippen molar-refractivity contribution < 1.29 is 9.26 Å². The van der Waals surface area contributed by atoms with E-state index < -0.39 is 0 Å². The van der Waals surface area contributed by atoms with Crippen molar-refractivity contribution in [1.82, 2.24) is 20.1 Å². The Hall–Kier alpha value is -3.48. The monoisotopic (exact) mass is 373 g/mol. The maximum Gasteiger partial charge on any atom is 0.261 e. The van der Waals surface area contributed by atoms with Gasteiger partial charge < -0.3 is 14.6 Å². The van der Waals surface area contributed by atoms with Gasteiger partial charge in [-0.1, -0.05) is 17.3 Å². The summed E-state index contributed by atoms with van der Waals surface area (Å²) in [6, 6.07) is 11.7. The van der Waals surface area contributed by atoms with Gasteiger partial charge in [0.15, 0.2) is 11.5 Å². The van der Waals surface area contributed by atoms with Crippen molar-refractivity contribution >= 4 is 22.4 Å². The SMILES string of the molecule is COc1ccccc1Nc1c(-c2nc(C3CC3)no2)cnc2nc(C)ccc12. The summed E-state index contributed by atoms with van der Waals surface area (Å²) < 4.78 is 11.1. The molecule has 1 saturated carbocycles. The third-order valence-electron chi connectivity index (χ3n) is 4.85. The Labute approximate surface area is 161 Å². The predicted molar refractivity (Wildman–Crippen MR) is 106 cm³/mol. The molecule has 28 heavy (non-hydrogen) atoms. The summed E-state index contributed by atoms with van der Waals surface area (Å²) in [7, 11) is 1.65. The number of benzene rings is 1. The third-order valence-corrected chi connectivity index (χ3v) is 4.85. The minimum Gasteiger partial charge on any atom is -0.495 e. The van der Waals surface area contributed by atoms with Crippen LogP contribution in [0.4, 0.5) is 11.4 Å². The molecule has 3 aromatic heterocycles. The molecule has 0 spiro atoms. The number of ether oxygens (including phenoxy) is 1. The van der Waals surface area contributed by atoms with Crippen LogP contribution in [0.3, 0.4) is 0 Å². The molecule has 3 heterocycles. The first kappa shape index (κ1) is 16.7. The summed E-state index contributed by atoms with van der Waals surface area (Å²) >= 11 is 0. The van der Waals surface area contributed by atoms with E-state index in [1.807, 2.05) is 43.3 Å². The standard InChI is InChI=1S/C21H19N5O2/c1-12-7-10-14-18(24-16-5-3-4-6-17(16)27-2)15(11-22-20(14)23-12)21-25-19(26-28-21)13-8-9-13/h3-7,10-11,13H,8-9H2,1-2H3,(H,22,23,24). The van der Waals surface area contributed by atoms with Crippen LogP contribution in [0.5, 0.6) is 5.75 Å². The molecule has 140 valence electrons. The van der Waals surface area contributed by atoms with Gasteiger partial charge in [0.1, 0.15) is 5.75 Å². The summed E-state index contributed by atoms with van der Waals surface area (Å²) in [4.78, 5) is 13.7. The van der Waals surface area contributed by atoms with E-state index in [-0.39, 0.29) is 0 Å². The van der Waals surface area contributed by atoms with Gasteiger partial charge >= 0.3 is 0 Å². The highest BCUT2D eigenvalue weighted by Crippen LogP contribution is 2.41. The first-order chi connectivity index (χ1) is 13.7. The number of aryl methyl sites for hydroxylation is 1. The normalized spacial score (nSPS) is 13.6. The van der Waals surface area contributed by atoms with E-state index in [2.05, 4.69) is 25.4 Å². The van der Waals surface area contributed by atoms with Gasteiger partial charge in [-0.15, -0.1) is 0 Å². The minimum absolute atomic E-state index is 0.417. The number of anilines is 2. The lowest BCUT2D eigenvalue weighted by Gasteiger charge is -2.15. The van der Waals surface area contributed by atoms with Crippen molar-refractivity contribution in [2.45, 2.75) is 25.7 Å². The van der Waals surface area contributed by atoms with Crippen LogP contribution in [0.15, 0.2) is 47.1 Å². The molecule has 1 aromatic carbocycles. The number of methoxy groups -OCH3 is 1. The van der Waals surface area contributed by atoms with Gasteiger partial charge in [0.05, 0.1) is 24.0 Å². The lowest BCUT2D eigenvalue weighted by atomic mass is 10.1. The van der Waals surface area contributed by atoms with Crippen LogP contribution >= 0.6 is 0 Å². The van der Waals surface area contributed by atoms with Gasteiger partial charge in [-0.05, 0) is 44.0 Å². The molecule has 0 radical (unpaired) electrons. The van der Waals surface area contributed by atoms with Crippen molar-refractivity contribution in [2.75, 3.05) is 12.4 Å². The Balaban J connectivity index is 1.68. The van der Waals surface area contributed by atoms with E-state index in [9.17, 15) is 0 Å². The smallest absolute Gasteiger partial charge is 0.261 e. The van der Waals surface area contributed by atoms with Crippen molar-refractivity contribution in [3.63, 3.8) is 0 Å². The zero-order valence-electron chi connectivity index (χ0n) is 15.6. The lowest BCUT2D eigenvalue weighted by Crippen LogP contribution is -2.00. The average molecular weight is 373 g/mol. The first-order valence-corrected chi connectivity index (χ1v) is 9.23. The van der Waals surface area contributed by atoms with Gasteiger partial charge in [0.2, 0.25) is 0 Å². The quantitative estimate of drug-likeness (QED) is 0.546. The fraction of sp³-hybridized carbons (Fsp3) is 0.238. The molecule has 1 aliphatic rings. The Morgan fingerprint density at radius 2 is 1.96 bits per heavy atom. The molecule has 1 fully saturated rings. The molecule has 1 N–H and O–H groups in total. The van der Waals surface area contributed by atoms with Crippen LogP contribution in [0.1, 0.15) is 30.3 Å². The zero-order valence-corrected chi connectivity index (χ0v) is 15.6. The fourth-order valence-corrected chi connectivity index (χ4v) is 3.20. The molecular weight excluding hydrogens is 354 g/mol. The predicted octanol–water partition coefficient (Wildman–Crippen LogP) is 4.62. The van der Waals surface area contributed by atoms with Crippen LogP contribution in [-0.2, 0) is 0 Å². The van der Waals surface area contributed by atoms with E-state index in [1.165, 1.54) is 0 Å². The number of fused-ring (bicyclic) bond motifs is 1. The molecule has 5 rings (SSSR count). The largest absolute Gasteiger partial charge is 0.495 e. The Kier molecular flexibility index (Phi) is 3.93. The summed E-state index contributed by atoms with van der Waals surface area (Å²) in [6.07, 6.45) is 3.96. The molecule has 7 heteroatoms. The highest BCUT2D eigenvalue weighted by atomic mass is 16.5. The van der Waals surface area contributed by atoms with Gasteiger partial charge in [0.25, 0.3) is 5.89 Å². The van der Waals surface area contributed by atoms with Gasteiger partial charge in [0, 0.05) is 23.2 Å². The molecular formula is C21H19N5O2. The first-order valence-electron chi connectivity index (χ1n) is 9.23. The van der Waals surface area contributed by atoms with Crippen LogP contribution < -0.4 is 10.1 Å². The highest BCUT2D eigenvalue weighted by Gasteiger charge is 2.29. The van der Waals surface area contributed by atoms with E-state index in [1.54, 1.807) is 13.3 Å². The summed E-state index contributed by atoms with van der Waals surface area (Å²) in [5.74, 6) is 2.37. The third kappa shape index (κ3) is 2.94. The number of nitrogens with one attached hydrogen (secondary N) is 1. The van der Waals surface area contributed by atoms with Gasteiger partial charge in [-0.3, -0.25) is 0 Å². The fourth-order valence-electron chi connectivity index (χ4n) is 3.20. The van der Waals surface area contributed by atoms with Crippen molar-refractivity contribution in [3.05, 3.63) is 54.1 Å². The second kappa shape index (κ2) is 6.60. The Morgan fingerprint density at radius 3 is 2.79 bits per heavy atom. The van der Waals surface area contributed by atoms with E-state index in [0.717, 1.165) is 52.4 Å². The number of aromatic nitrogens is 4. The number of pyridine rings is 2. The number of nitrogens with zero attached hydrogens (tertiary/aromatic N) is 4. The van der Waals surface area contributed by atoms with Crippen molar-refractivity contribution in [3.8, 4) is 17.2 Å². The second-order valence-corrected chi connectivity index (χ2v) is 6.93. The zero-order chi connectivity index (χ0) is 19.1. The molecule has 7 nitrogen and oxygen atoms in total. The molecule has 0 amide bonds. The number of hydrogen-bond donors (Lipinski definition) is 1. The van der Waals surface area contributed by atoms with E-state index in [4.69, 9.17) is 9.26 Å². The topological polar surface area (TPSA) is 86.0 Å². The summed E-state index contributed by atoms with van der Waals surface area (Å²) in [5, 5.41) is 8.50. The Bertz CT molecular complexity index is 1170. The number of para-hydroxylation sites is 2. The second-order valence-electron chi connectivity index (χ2n) is 6.93. The van der Waals surface area contributed by atoms with E-state index in [0.29, 0.717) is 17.5 Å². The molecule has 0 unspecified atom stereocenters. The molecule has 0 aliphatic heterocycles. The van der Waals surface area contributed by atoms with Crippen molar-refractivity contribution in [1.29, 1.82) is 0 Å². The minimum atomic E-state index is 0.417. The molecule has 0 saturated heterocycles. The maximum atomic E-state index is 5.57. The van der Waals surface area contributed by atoms with Gasteiger partial charge in [-0.25, -0.2) is 9.97 Å². The van der Waals surface area contributed by atoms with E-state index >= 15 is 0 Å². The van der Waals surface area contributed by atoms with Crippen LogP contribution in [0.2, 0.25) is 0 Å². The number of rotatable bonds is 5. The van der Waals surface area contributed by atoms with Crippen LogP contribution in [0.25, 0.3) is 22.5 Å². The lowest BCUT2D eigenvalue weighted by molar-refractivity contribution is 0.417. The summed E-state index contributed by atoms with van der Waals surface area (Å²) in [6.45, 7) is 1.95. The highest BCUT2D eigenvalue weighted by molar-refractivity contribution is 5.98. The molecule has 0 bridgehead atoms. The number of hydrogen-bond acceptors (Lipinski definition) is 7. The Morgan fingerprint density at radius 1 is 1.11 bits per heavy atom. The van der Waals surface area contributed by atoms with Crippen LogP contribution in [0, 0.1) is 6.92 Å². The summed E-state index contributed by atoms with van der Waals surface area (Å²) in [5.41, 5.74) is 3.95. The average Bonchev–Trinajstić information content (AvgIpc) is 3.45. The van der Waals surface area contributed by atoms with Crippen LogP contribution in [-0.4, -0.2) is 27.2 Å². The molecule has 4 aromatic rings. The van der Waals surface area contributed by atoms with Crippen molar-refractivity contribution in [2.24, 2.45) is 0 Å². The molecule has 0 atom stereocenters. The molecule has 1 aliphatic carbocycles.